The Morgan fingerprint density at radius 1 is 1.00 bits per heavy atom. The Morgan fingerprint density at radius 3 is 2.38 bits per heavy atom. The smallest absolute Gasteiger partial charge is 0.162 e. The molecule has 0 atom stereocenters. The molecule has 126 valence electrons. The van der Waals surface area contributed by atoms with Crippen LogP contribution in [0.3, 0.4) is 0 Å². The van der Waals surface area contributed by atoms with Crippen LogP contribution in [0.25, 0.3) is 10.9 Å². The van der Waals surface area contributed by atoms with Gasteiger partial charge >= 0.3 is 0 Å². The fourth-order valence-electron chi connectivity index (χ4n) is 2.37. The number of anilines is 2. The average molecular weight is 411 g/mol. The summed E-state index contributed by atoms with van der Waals surface area (Å²) in [6, 6.07) is 11.6. The predicted octanol–water partition coefficient (Wildman–Crippen LogP) is 4.88. The molecule has 0 aliphatic rings. The Hall–Kier alpha value is -2.05. The van der Waals surface area contributed by atoms with Gasteiger partial charge in [-0.25, -0.2) is 9.97 Å². The van der Waals surface area contributed by atoms with Crippen molar-refractivity contribution < 1.29 is 9.47 Å². The highest BCUT2D eigenvalue weighted by Crippen LogP contribution is 2.35. The van der Waals surface area contributed by atoms with Gasteiger partial charge in [-0.2, -0.15) is 0 Å². The summed E-state index contributed by atoms with van der Waals surface area (Å²) < 4.78 is 11.7. The summed E-state index contributed by atoms with van der Waals surface area (Å²) in [5, 5.41) is 4.21. The molecule has 0 amide bonds. The number of halogens is 2. The third kappa shape index (κ3) is 3.71. The number of aromatic nitrogens is 2. The van der Waals surface area contributed by atoms with Crippen LogP contribution >= 0.6 is 28.3 Å². The Kier molecular flexibility index (Phi) is 5.85. The summed E-state index contributed by atoms with van der Waals surface area (Å²) in [7, 11) is 3.22. The second-order valence-corrected chi connectivity index (χ2v) is 5.89. The van der Waals surface area contributed by atoms with Crippen LogP contribution in [-0.4, -0.2) is 24.2 Å². The number of nitrogens with one attached hydrogen (secondary N) is 1. The van der Waals surface area contributed by atoms with Crippen LogP contribution in [0.5, 0.6) is 11.5 Å². The van der Waals surface area contributed by atoms with Gasteiger partial charge in [0.2, 0.25) is 0 Å². The van der Waals surface area contributed by atoms with E-state index in [9.17, 15) is 0 Å². The Morgan fingerprint density at radius 2 is 1.71 bits per heavy atom. The maximum Gasteiger partial charge on any atom is 0.162 e. The second-order valence-electron chi connectivity index (χ2n) is 4.98. The van der Waals surface area contributed by atoms with Crippen molar-refractivity contribution in [3.8, 4) is 11.5 Å². The number of rotatable bonds is 4. The van der Waals surface area contributed by atoms with E-state index in [4.69, 9.17) is 9.47 Å². The number of benzene rings is 2. The van der Waals surface area contributed by atoms with Gasteiger partial charge in [0, 0.05) is 21.6 Å². The molecular weight excluding hydrogens is 394 g/mol. The van der Waals surface area contributed by atoms with Gasteiger partial charge in [-0.05, 0) is 31.2 Å². The van der Waals surface area contributed by atoms with Crippen molar-refractivity contribution in [3.63, 3.8) is 0 Å². The van der Waals surface area contributed by atoms with E-state index in [1.54, 1.807) is 14.2 Å². The van der Waals surface area contributed by atoms with E-state index in [1.165, 1.54) is 0 Å². The van der Waals surface area contributed by atoms with Crippen LogP contribution in [0.1, 0.15) is 5.82 Å². The molecule has 0 aliphatic heterocycles. The summed E-state index contributed by atoms with van der Waals surface area (Å²) in [6.45, 7) is 1.86. The maximum absolute atomic E-state index is 5.38. The van der Waals surface area contributed by atoms with Crippen molar-refractivity contribution in [1.82, 2.24) is 9.97 Å². The van der Waals surface area contributed by atoms with E-state index in [0.29, 0.717) is 17.3 Å². The van der Waals surface area contributed by atoms with Crippen molar-refractivity contribution in [2.45, 2.75) is 6.92 Å². The number of nitrogens with zero attached hydrogens (tertiary/aromatic N) is 2. The number of hydrogen-bond acceptors (Lipinski definition) is 5. The van der Waals surface area contributed by atoms with Crippen molar-refractivity contribution in [2.24, 2.45) is 0 Å². The highest BCUT2D eigenvalue weighted by Gasteiger charge is 2.12. The third-order valence-electron chi connectivity index (χ3n) is 3.40. The molecule has 0 fully saturated rings. The number of hydrogen-bond donors (Lipinski definition) is 1. The quantitative estimate of drug-likeness (QED) is 0.664. The lowest BCUT2D eigenvalue weighted by atomic mass is 10.2. The van der Waals surface area contributed by atoms with Crippen molar-refractivity contribution in [2.75, 3.05) is 19.5 Å². The first-order valence-corrected chi connectivity index (χ1v) is 7.83. The minimum absolute atomic E-state index is 0. The molecule has 3 rings (SSSR count). The number of fused-ring (bicyclic) bond motifs is 1. The first-order chi connectivity index (χ1) is 11.1. The molecule has 7 heteroatoms. The maximum atomic E-state index is 5.38. The summed E-state index contributed by atoms with van der Waals surface area (Å²) >= 11 is 3.47. The van der Waals surface area contributed by atoms with Gasteiger partial charge in [0.25, 0.3) is 0 Å². The summed E-state index contributed by atoms with van der Waals surface area (Å²) in [5.74, 6) is 2.70. The topological polar surface area (TPSA) is 56.3 Å². The van der Waals surface area contributed by atoms with E-state index in [1.807, 2.05) is 43.3 Å². The van der Waals surface area contributed by atoms with E-state index < -0.39 is 0 Å². The van der Waals surface area contributed by atoms with Crippen LogP contribution in [0.15, 0.2) is 40.9 Å². The molecule has 0 saturated heterocycles. The molecule has 0 saturated carbocycles. The molecule has 3 aromatic rings. The lowest BCUT2D eigenvalue weighted by Crippen LogP contribution is -2.00. The van der Waals surface area contributed by atoms with Gasteiger partial charge in [-0.15, -0.1) is 12.4 Å². The van der Waals surface area contributed by atoms with Crippen LogP contribution < -0.4 is 14.8 Å². The van der Waals surface area contributed by atoms with E-state index in [0.717, 1.165) is 26.9 Å². The summed E-state index contributed by atoms with van der Waals surface area (Å²) in [5.41, 5.74) is 1.74. The molecule has 0 radical (unpaired) electrons. The normalized spacial score (nSPS) is 10.2. The first-order valence-electron chi connectivity index (χ1n) is 7.03. The fourth-order valence-corrected chi connectivity index (χ4v) is 2.77. The zero-order valence-corrected chi connectivity index (χ0v) is 15.9. The van der Waals surface area contributed by atoms with E-state index >= 15 is 0 Å². The fraction of sp³-hybridized carbons (Fsp3) is 0.176. The molecule has 1 aromatic heterocycles. The lowest BCUT2D eigenvalue weighted by molar-refractivity contribution is 0.356. The van der Waals surface area contributed by atoms with Crippen molar-refractivity contribution in [1.29, 1.82) is 0 Å². The van der Waals surface area contributed by atoms with Gasteiger partial charge in [0.05, 0.1) is 19.7 Å². The predicted molar refractivity (Wildman–Crippen MR) is 102 cm³/mol. The van der Waals surface area contributed by atoms with Gasteiger partial charge in [-0.1, -0.05) is 22.0 Å². The van der Waals surface area contributed by atoms with Crippen LogP contribution in [0.2, 0.25) is 0 Å². The number of ether oxygens (including phenoxy) is 2. The highest BCUT2D eigenvalue weighted by atomic mass is 79.9. The SMILES string of the molecule is COc1cc2nc(C)nc(Nc3cccc(Br)c3)c2cc1OC.Cl. The Labute approximate surface area is 155 Å². The third-order valence-corrected chi connectivity index (χ3v) is 3.89. The van der Waals surface area contributed by atoms with Gasteiger partial charge in [0.1, 0.15) is 11.6 Å². The monoisotopic (exact) mass is 409 g/mol. The Bertz CT molecular complexity index is 874. The van der Waals surface area contributed by atoms with Gasteiger partial charge in [0.15, 0.2) is 11.5 Å². The number of methoxy groups -OCH3 is 2. The molecule has 5 nitrogen and oxygen atoms in total. The molecule has 2 aromatic carbocycles. The largest absolute Gasteiger partial charge is 0.493 e. The zero-order chi connectivity index (χ0) is 16.4. The molecule has 0 spiro atoms. The highest BCUT2D eigenvalue weighted by molar-refractivity contribution is 9.10. The molecule has 0 aliphatic carbocycles. The molecule has 0 unspecified atom stereocenters. The minimum atomic E-state index is 0. The van der Waals surface area contributed by atoms with Gasteiger partial charge < -0.3 is 14.8 Å². The zero-order valence-electron chi connectivity index (χ0n) is 13.5. The molecule has 0 bridgehead atoms. The van der Waals surface area contributed by atoms with Crippen LogP contribution in [0, 0.1) is 6.92 Å². The average Bonchev–Trinajstić information content (AvgIpc) is 2.53. The van der Waals surface area contributed by atoms with Crippen LogP contribution in [0.4, 0.5) is 11.5 Å². The molecular formula is C17H17BrClN3O2. The van der Waals surface area contributed by atoms with Gasteiger partial charge in [-0.3, -0.25) is 0 Å². The molecule has 1 N–H and O–H groups in total. The summed E-state index contributed by atoms with van der Waals surface area (Å²) in [4.78, 5) is 9.01. The molecule has 1 heterocycles. The summed E-state index contributed by atoms with van der Waals surface area (Å²) in [6.07, 6.45) is 0. The lowest BCUT2D eigenvalue weighted by Gasteiger charge is -2.13. The van der Waals surface area contributed by atoms with Crippen LogP contribution in [-0.2, 0) is 0 Å². The molecule has 24 heavy (non-hydrogen) atoms. The Balaban J connectivity index is 0.00000208. The number of aryl methyl sites for hydroxylation is 1. The van der Waals surface area contributed by atoms with Crippen molar-refractivity contribution >= 4 is 50.7 Å². The minimum Gasteiger partial charge on any atom is -0.493 e. The van der Waals surface area contributed by atoms with E-state index in [2.05, 4.69) is 31.2 Å². The van der Waals surface area contributed by atoms with E-state index in [-0.39, 0.29) is 12.4 Å². The standard InChI is InChI=1S/C17H16BrN3O2.ClH/c1-10-19-14-9-16(23-3)15(22-2)8-13(14)17(20-10)21-12-6-4-5-11(18)7-12;/h4-9H,1-3H3,(H,19,20,21);1H. The first kappa shape index (κ1) is 18.3. The van der Waals surface area contributed by atoms with Crippen molar-refractivity contribution in [3.05, 3.63) is 46.7 Å². The second kappa shape index (κ2) is 7.68.